The molecule has 1 aliphatic rings. The van der Waals surface area contributed by atoms with Gasteiger partial charge in [0.15, 0.2) is 0 Å². The topological polar surface area (TPSA) is 177 Å². The maximum absolute atomic E-state index is 12.8. The van der Waals surface area contributed by atoms with E-state index in [1.165, 1.54) is 12.1 Å². The number of carboxylic acids is 1. The smallest absolute Gasteiger partial charge is 0.326 e. The van der Waals surface area contributed by atoms with E-state index < -0.39 is 60.4 Å². The summed E-state index contributed by atoms with van der Waals surface area (Å²) in [7, 11) is 0. The van der Waals surface area contributed by atoms with E-state index in [1.54, 1.807) is 26.0 Å². The highest BCUT2D eigenvalue weighted by Gasteiger charge is 2.32. The number of aliphatic hydroxyl groups excluding tert-OH is 1. The third kappa shape index (κ3) is 7.72. The van der Waals surface area contributed by atoms with Crippen molar-refractivity contribution in [3.63, 3.8) is 0 Å². The number of phenolic OH excluding ortho intramolecular Hbond substituents is 1. The maximum atomic E-state index is 12.8. The summed E-state index contributed by atoms with van der Waals surface area (Å²) < 4.78 is 0. The van der Waals surface area contributed by atoms with E-state index in [4.69, 9.17) is 0 Å². The fraction of sp³-hybridized carbons (Fsp3) is 0.545. The molecule has 2 rings (SSSR count). The maximum Gasteiger partial charge on any atom is 0.326 e. The van der Waals surface area contributed by atoms with Crippen LogP contribution in [0, 0.1) is 5.92 Å². The zero-order chi connectivity index (χ0) is 24.5. The van der Waals surface area contributed by atoms with Crippen LogP contribution in [0.4, 0.5) is 0 Å². The number of carboxylic acid groups (broad SMARTS) is 1. The first-order chi connectivity index (χ1) is 15.6. The van der Waals surface area contributed by atoms with Crippen LogP contribution in [0.1, 0.15) is 32.3 Å². The predicted octanol–water partition coefficient (Wildman–Crippen LogP) is -1.13. The second-order valence-electron chi connectivity index (χ2n) is 8.39. The Kier molecular flexibility index (Phi) is 9.61. The van der Waals surface area contributed by atoms with Gasteiger partial charge in [-0.25, -0.2) is 4.79 Å². The molecule has 1 heterocycles. The standard InChI is InChI=1S/C22H32N4O7/c1-12(2)18(26-20(30)17(11-27)25-19(29)15-4-3-9-23-15)21(31)24-16(22(32)33)10-13-5-7-14(28)8-6-13/h5-8,12,15-18,23,27-28H,3-4,9-11H2,1-2H3,(H,24,31)(H,25,29)(H,26,30)(H,32,33)/t15-,16-,17-,18-/m0/s1. The van der Waals surface area contributed by atoms with Crippen LogP contribution in [0.15, 0.2) is 24.3 Å². The quantitative estimate of drug-likeness (QED) is 0.215. The number of hydrogen-bond donors (Lipinski definition) is 7. The van der Waals surface area contributed by atoms with Gasteiger partial charge in [0.2, 0.25) is 17.7 Å². The molecular weight excluding hydrogens is 432 g/mol. The Hall–Kier alpha value is -3.18. The molecule has 1 aliphatic heterocycles. The number of aromatic hydroxyl groups is 1. The van der Waals surface area contributed by atoms with Crippen molar-refractivity contribution < 1.29 is 34.5 Å². The van der Waals surface area contributed by atoms with Crippen LogP contribution >= 0.6 is 0 Å². The SMILES string of the molecule is CC(C)[C@H](NC(=O)[C@H](CO)NC(=O)[C@@H]1CCCN1)C(=O)N[C@@H](Cc1ccc(O)cc1)C(=O)O. The first kappa shape index (κ1) is 26.1. The lowest BCUT2D eigenvalue weighted by Crippen LogP contribution is -2.59. The van der Waals surface area contributed by atoms with Gasteiger partial charge in [-0.2, -0.15) is 0 Å². The molecule has 0 saturated carbocycles. The molecule has 0 radical (unpaired) electrons. The minimum Gasteiger partial charge on any atom is -0.508 e. The fourth-order valence-corrected chi connectivity index (χ4v) is 3.49. The number of aliphatic carboxylic acids is 1. The number of carbonyl (C=O) groups excluding carboxylic acids is 3. The molecule has 1 fully saturated rings. The lowest BCUT2D eigenvalue weighted by Gasteiger charge is -2.26. The molecule has 0 unspecified atom stereocenters. The van der Waals surface area contributed by atoms with Gasteiger partial charge in [0.1, 0.15) is 23.9 Å². The van der Waals surface area contributed by atoms with Crippen molar-refractivity contribution >= 4 is 23.7 Å². The van der Waals surface area contributed by atoms with Crippen molar-refractivity contribution in [3.05, 3.63) is 29.8 Å². The Labute approximate surface area is 191 Å². The molecular formula is C22H32N4O7. The highest BCUT2D eigenvalue weighted by Crippen LogP contribution is 2.12. The molecule has 7 N–H and O–H groups in total. The molecule has 1 aromatic carbocycles. The Bertz CT molecular complexity index is 838. The predicted molar refractivity (Wildman–Crippen MR) is 118 cm³/mol. The van der Waals surface area contributed by atoms with Gasteiger partial charge in [-0.05, 0) is 43.0 Å². The van der Waals surface area contributed by atoms with Gasteiger partial charge in [0, 0.05) is 6.42 Å². The zero-order valence-corrected chi connectivity index (χ0v) is 18.7. The number of hydrogen-bond acceptors (Lipinski definition) is 7. The van der Waals surface area contributed by atoms with E-state index in [0.29, 0.717) is 18.5 Å². The number of amides is 3. The summed E-state index contributed by atoms with van der Waals surface area (Å²) >= 11 is 0. The van der Waals surface area contributed by atoms with Crippen LogP contribution in [-0.2, 0) is 25.6 Å². The third-order valence-electron chi connectivity index (χ3n) is 5.43. The molecule has 0 bridgehead atoms. The molecule has 4 atom stereocenters. The van der Waals surface area contributed by atoms with Crippen LogP contribution in [-0.4, -0.2) is 76.3 Å². The minimum absolute atomic E-state index is 0.0240. The lowest BCUT2D eigenvalue weighted by molar-refractivity contribution is -0.142. The Balaban J connectivity index is 2.02. The fourth-order valence-electron chi connectivity index (χ4n) is 3.49. The van der Waals surface area contributed by atoms with Crippen LogP contribution in [0.5, 0.6) is 5.75 Å². The molecule has 182 valence electrons. The molecule has 0 aliphatic carbocycles. The molecule has 0 aromatic heterocycles. The molecule has 11 nitrogen and oxygen atoms in total. The summed E-state index contributed by atoms with van der Waals surface area (Å²) in [5.41, 5.74) is 0.592. The summed E-state index contributed by atoms with van der Waals surface area (Å²) in [6.45, 7) is 3.39. The van der Waals surface area contributed by atoms with E-state index in [9.17, 15) is 34.5 Å². The Morgan fingerprint density at radius 3 is 2.21 bits per heavy atom. The minimum atomic E-state index is -1.26. The van der Waals surface area contributed by atoms with E-state index >= 15 is 0 Å². The molecule has 33 heavy (non-hydrogen) atoms. The zero-order valence-electron chi connectivity index (χ0n) is 18.7. The number of phenols is 1. The average molecular weight is 465 g/mol. The summed E-state index contributed by atoms with van der Waals surface area (Å²) in [4.78, 5) is 49.4. The number of benzene rings is 1. The largest absolute Gasteiger partial charge is 0.508 e. The Morgan fingerprint density at radius 2 is 1.70 bits per heavy atom. The van der Waals surface area contributed by atoms with Gasteiger partial charge in [0.05, 0.1) is 12.6 Å². The van der Waals surface area contributed by atoms with Crippen LogP contribution in [0.3, 0.4) is 0 Å². The van der Waals surface area contributed by atoms with Crippen molar-refractivity contribution in [2.24, 2.45) is 5.92 Å². The van der Waals surface area contributed by atoms with E-state index in [2.05, 4.69) is 21.3 Å². The van der Waals surface area contributed by atoms with Gasteiger partial charge in [-0.3, -0.25) is 14.4 Å². The molecule has 1 aromatic rings. The monoisotopic (exact) mass is 464 g/mol. The lowest BCUT2D eigenvalue weighted by atomic mass is 10.0. The van der Waals surface area contributed by atoms with E-state index in [1.807, 2.05) is 0 Å². The Morgan fingerprint density at radius 1 is 1.03 bits per heavy atom. The molecule has 1 saturated heterocycles. The number of nitrogens with one attached hydrogen (secondary N) is 4. The van der Waals surface area contributed by atoms with Crippen molar-refractivity contribution in [2.45, 2.75) is 57.3 Å². The summed E-state index contributed by atoms with van der Waals surface area (Å²) in [5.74, 6) is -3.48. The second-order valence-corrected chi connectivity index (χ2v) is 8.39. The third-order valence-corrected chi connectivity index (χ3v) is 5.43. The molecule has 11 heteroatoms. The van der Waals surface area contributed by atoms with E-state index in [0.717, 1.165) is 6.42 Å². The highest BCUT2D eigenvalue weighted by molar-refractivity contribution is 5.94. The molecule has 0 spiro atoms. The van der Waals surface area contributed by atoms with Gasteiger partial charge >= 0.3 is 5.97 Å². The van der Waals surface area contributed by atoms with Crippen LogP contribution in [0.25, 0.3) is 0 Å². The normalized spacial score (nSPS) is 18.2. The number of aliphatic hydroxyl groups is 1. The van der Waals surface area contributed by atoms with Crippen LogP contribution < -0.4 is 21.3 Å². The number of rotatable bonds is 11. The first-order valence-corrected chi connectivity index (χ1v) is 10.9. The summed E-state index contributed by atoms with van der Waals surface area (Å²) in [6.07, 6.45) is 1.43. The summed E-state index contributed by atoms with van der Waals surface area (Å²) in [5, 5.41) is 38.9. The van der Waals surface area contributed by atoms with Gasteiger partial charge < -0.3 is 36.6 Å². The van der Waals surface area contributed by atoms with Gasteiger partial charge in [-0.1, -0.05) is 26.0 Å². The van der Waals surface area contributed by atoms with Crippen molar-refractivity contribution in [3.8, 4) is 5.75 Å². The number of carbonyl (C=O) groups is 4. The van der Waals surface area contributed by atoms with Crippen molar-refractivity contribution in [2.75, 3.05) is 13.2 Å². The average Bonchev–Trinajstić information content (AvgIpc) is 3.31. The highest BCUT2D eigenvalue weighted by atomic mass is 16.4. The summed E-state index contributed by atoms with van der Waals surface area (Å²) in [6, 6.07) is 1.89. The van der Waals surface area contributed by atoms with Crippen LogP contribution in [0.2, 0.25) is 0 Å². The van der Waals surface area contributed by atoms with E-state index in [-0.39, 0.29) is 12.2 Å². The molecule has 3 amide bonds. The van der Waals surface area contributed by atoms with Gasteiger partial charge in [-0.15, -0.1) is 0 Å². The van der Waals surface area contributed by atoms with Gasteiger partial charge in [0.25, 0.3) is 0 Å². The first-order valence-electron chi connectivity index (χ1n) is 10.9. The second kappa shape index (κ2) is 12.2. The van der Waals surface area contributed by atoms with Crippen molar-refractivity contribution in [1.29, 1.82) is 0 Å². The van der Waals surface area contributed by atoms with Crippen molar-refractivity contribution in [1.82, 2.24) is 21.3 Å².